The van der Waals surface area contributed by atoms with Crippen LogP contribution in [0.4, 0.5) is 13.2 Å². The van der Waals surface area contributed by atoms with Crippen molar-refractivity contribution in [2.24, 2.45) is 5.92 Å². The highest BCUT2D eigenvalue weighted by molar-refractivity contribution is 5.79. The summed E-state index contributed by atoms with van der Waals surface area (Å²) in [7, 11) is 0. The van der Waals surface area contributed by atoms with Gasteiger partial charge in [0.2, 0.25) is 5.91 Å². The average molecular weight is 329 g/mol. The van der Waals surface area contributed by atoms with Crippen LogP contribution in [-0.2, 0) is 15.8 Å². The normalized spacial score (nSPS) is 19.7. The number of likely N-dealkylation sites (tertiary alicyclic amines) is 1. The van der Waals surface area contributed by atoms with Crippen LogP contribution < -0.4 is 0 Å². The van der Waals surface area contributed by atoms with Crippen molar-refractivity contribution in [3.63, 3.8) is 0 Å². The first-order valence-corrected chi connectivity index (χ1v) is 7.37. The van der Waals surface area contributed by atoms with E-state index in [1.54, 1.807) is 6.92 Å². The SMILES string of the molecule is C[C@@H](CC(=O)N1CC[C@@H](C(=O)O)C1)c1ccccc1C(F)(F)F. The zero-order valence-corrected chi connectivity index (χ0v) is 12.6. The van der Waals surface area contributed by atoms with Crippen molar-refractivity contribution in [1.29, 1.82) is 0 Å². The summed E-state index contributed by atoms with van der Waals surface area (Å²) in [6.45, 7) is 2.04. The number of amides is 1. The number of carboxylic acid groups (broad SMARTS) is 1. The molecule has 0 aromatic heterocycles. The third kappa shape index (κ3) is 4.03. The molecule has 0 unspecified atom stereocenters. The number of carbonyl (C=O) groups is 2. The summed E-state index contributed by atoms with van der Waals surface area (Å²) < 4.78 is 39.1. The maximum Gasteiger partial charge on any atom is 0.416 e. The Morgan fingerprint density at radius 2 is 2.00 bits per heavy atom. The van der Waals surface area contributed by atoms with Crippen LogP contribution in [0.1, 0.15) is 36.8 Å². The number of nitrogens with zero attached hydrogens (tertiary/aromatic N) is 1. The minimum atomic E-state index is -4.46. The molecule has 1 heterocycles. The smallest absolute Gasteiger partial charge is 0.416 e. The Morgan fingerprint density at radius 1 is 1.35 bits per heavy atom. The molecule has 4 nitrogen and oxygen atoms in total. The molecule has 126 valence electrons. The van der Waals surface area contributed by atoms with Gasteiger partial charge in [0.05, 0.1) is 11.5 Å². The number of hydrogen-bond donors (Lipinski definition) is 1. The molecule has 1 saturated heterocycles. The quantitative estimate of drug-likeness (QED) is 0.923. The maximum absolute atomic E-state index is 13.0. The van der Waals surface area contributed by atoms with Gasteiger partial charge >= 0.3 is 12.1 Å². The van der Waals surface area contributed by atoms with E-state index in [-0.39, 0.29) is 24.4 Å². The van der Waals surface area contributed by atoms with E-state index in [4.69, 9.17) is 5.11 Å². The Kier molecular flexibility index (Phi) is 4.97. The fraction of sp³-hybridized carbons (Fsp3) is 0.500. The summed E-state index contributed by atoms with van der Waals surface area (Å²) in [6.07, 6.45) is -4.15. The van der Waals surface area contributed by atoms with E-state index in [0.29, 0.717) is 13.0 Å². The Bertz CT molecular complexity index is 600. The van der Waals surface area contributed by atoms with Gasteiger partial charge in [-0.15, -0.1) is 0 Å². The zero-order chi connectivity index (χ0) is 17.2. The van der Waals surface area contributed by atoms with E-state index < -0.39 is 29.5 Å². The third-order valence-corrected chi connectivity index (χ3v) is 4.17. The highest BCUT2D eigenvalue weighted by Gasteiger charge is 2.35. The summed E-state index contributed by atoms with van der Waals surface area (Å²) in [5, 5.41) is 8.94. The number of hydrogen-bond acceptors (Lipinski definition) is 2. The lowest BCUT2D eigenvalue weighted by Gasteiger charge is -2.21. The van der Waals surface area contributed by atoms with Crippen LogP contribution in [0.25, 0.3) is 0 Å². The second-order valence-electron chi connectivity index (χ2n) is 5.85. The van der Waals surface area contributed by atoms with Gasteiger partial charge in [-0.2, -0.15) is 13.2 Å². The monoisotopic (exact) mass is 329 g/mol. The predicted molar refractivity (Wildman–Crippen MR) is 76.8 cm³/mol. The Morgan fingerprint density at radius 3 is 2.57 bits per heavy atom. The fourth-order valence-corrected chi connectivity index (χ4v) is 2.87. The van der Waals surface area contributed by atoms with Crippen LogP contribution >= 0.6 is 0 Å². The first kappa shape index (κ1) is 17.3. The molecule has 1 aromatic rings. The van der Waals surface area contributed by atoms with Crippen LogP contribution in [0.3, 0.4) is 0 Å². The van der Waals surface area contributed by atoms with Crippen molar-refractivity contribution in [3.05, 3.63) is 35.4 Å². The first-order valence-electron chi connectivity index (χ1n) is 7.37. The van der Waals surface area contributed by atoms with Gasteiger partial charge < -0.3 is 10.0 Å². The van der Waals surface area contributed by atoms with Crippen molar-refractivity contribution in [3.8, 4) is 0 Å². The lowest BCUT2D eigenvalue weighted by molar-refractivity contribution is -0.142. The number of alkyl halides is 3. The van der Waals surface area contributed by atoms with Gasteiger partial charge in [0.15, 0.2) is 0 Å². The summed E-state index contributed by atoms with van der Waals surface area (Å²) in [4.78, 5) is 24.5. The van der Waals surface area contributed by atoms with E-state index in [1.165, 1.54) is 23.1 Å². The van der Waals surface area contributed by atoms with Crippen molar-refractivity contribution in [1.82, 2.24) is 4.90 Å². The Balaban J connectivity index is 2.07. The standard InChI is InChI=1S/C16H18F3NO3/c1-10(12-4-2-3-5-13(12)16(17,18)19)8-14(21)20-7-6-11(9-20)15(22)23/h2-5,10-11H,6-9H2,1H3,(H,22,23)/t10-,11+/m0/s1. The topological polar surface area (TPSA) is 57.6 Å². The van der Waals surface area contributed by atoms with Crippen LogP contribution in [0.2, 0.25) is 0 Å². The molecule has 0 spiro atoms. The number of carbonyl (C=O) groups excluding carboxylic acids is 1. The molecule has 1 fully saturated rings. The predicted octanol–water partition coefficient (Wildman–Crippen LogP) is 3.13. The molecule has 0 bridgehead atoms. The van der Waals surface area contributed by atoms with Crippen molar-refractivity contribution >= 4 is 11.9 Å². The molecule has 1 amide bonds. The highest BCUT2D eigenvalue weighted by Crippen LogP contribution is 2.36. The summed E-state index contributed by atoms with van der Waals surface area (Å²) in [5.74, 6) is -2.44. The fourth-order valence-electron chi connectivity index (χ4n) is 2.87. The Hall–Kier alpha value is -2.05. The van der Waals surface area contributed by atoms with E-state index in [0.717, 1.165) is 6.07 Å². The molecule has 0 saturated carbocycles. The number of rotatable bonds is 4. The van der Waals surface area contributed by atoms with E-state index in [1.807, 2.05) is 0 Å². The van der Waals surface area contributed by atoms with Gasteiger partial charge in [-0.3, -0.25) is 9.59 Å². The third-order valence-electron chi connectivity index (χ3n) is 4.17. The molecule has 2 atom stereocenters. The zero-order valence-electron chi connectivity index (χ0n) is 12.6. The highest BCUT2D eigenvalue weighted by atomic mass is 19.4. The number of aliphatic carboxylic acids is 1. The Labute approximate surface area is 131 Å². The minimum Gasteiger partial charge on any atom is -0.481 e. The van der Waals surface area contributed by atoms with Gasteiger partial charge in [-0.05, 0) is 24.0 Å². The van der Waals surface area contributed by atoms with Gasteiger partial charge in [0, 0.05) is 19.5 Å². The van der Waals surface area contributed by atoms with Crippen LogP contribution in [0, 0.1) is 5.92 Å². The molecule has 1 N–H and O–H groups in total. The molecule has 1 aliphatic rings. The molecule has 0 aliphatic carbocycles. The first-order chi connectivity index (χ1) is 10.7. The summed E-state index contributed by atoms with van der Waals surface area (Å²) in [5.41, 5.74) is -0.646. The summed E-state index contributed by atoms with van der Waals surface area (Å²) >= 11 is 0. The van der Waals surface area contributed by atoms with E-state index >= 15 is 0 Å². The van der Waals surface area contributed by atoms with E-state index in [2.05, 4.69) is 0 Å². The van der Waals surface area contributed by atoms with Gasteiger partial charge in [0.1, 0.15) is 0 Å². The lowest BCUT2D eigenvalue weighted by atomic mass is 9.92. The van der Waals surface area contributed by atoms with Gasteiger partial charge in [-0.1, -0.05) is 25.1 Å². The van der Waals surface area contributed by atoms with Gasteiger partial charge in [-0.25, -0.2) is 0 Å². The molecular formula is C16H18F3NO3. The number of carboxylic acids is 1. The second kappa shape index (κ2) is 6.60. The number of benzene rings is 1. The largest absolute Gasteiger partial charge is 0.481 e. The van der Waals surface area contributed by atoms with Crippen LogP contribution in [0.5, 0.6) is 0 Å². The second-order valence-corrected chi connectivity index (χ2v) is 5.85. The molecule has 1 aliphatic heterocycles. The molecule has 1 aromatic carbocycles. The van der Waals surface area contributed by atoms with Crippen molar-refractivity contribution in [2.75, 3.05) is 13.1 Å². The van der Waals surface area contributed by atoms with Crippen LogP contribution in [0.15, 0.2) is 24.3 Å². The molecule has 23 heavy (non-hydrogen) atoms. The molecule has 2 rings (SSSR count). The van der Waals surface area contributed by atoms with Crippen LogP contribution in [-0.4, -0.2) is 35.0 Å². The molecular weight excluding hydrogens is 311 g/mol. The molecule has 7 heteroatoms. The number of halogens is 3. The van der Waals surface area contributed by atoms with E-state index in [9.17, 15) is 22.8 Å². The maximum atomic E-state index is 13.0. The summed E-state index contributed by atoms with van der Waals surface area (Å²) in [6, 6.07) is 5.22. The average Bonchev–Trinajstić information content (AvgIpc) is 2.96. The minimum absolute atomic E-state index is 0.0700. The van der Waals surface area contributed by atoms with Crippen molar-refractivity contribution in [2.45, 2.75) is 31.9 Å². The van der Waals surface area contributed by atoms with Gasteiger partial charge in [0.25, 0.3) is 0 Å². The van der Waals surface area contributed by atoms with Crippen molar-refractivity contribution < 1.29 is 27.9 Å². The lowest BCUT2D eigenvalue weighted by Crippen LogP contribution is -2.30. The molecule has 0 radical (unpaired) electrons.